The molecule has 1 saturated carbocycles. The molecule has 1 aliphatic carbocycles. The molecule has 1 aliphatic heterocycles. The van der Waals surface area contributed by atoms with Gasteiger partial charge in [0, 0.05) is 36.4 Å². The number of nitrogens with zero attached hydrogens (tertiary/aromatic N) is 3. The third-order valence-corrected chi connectivity index (χ3v) is 6.03. The molecule has 24 heavy (non-hydrogen) atoms. The van der Waals surface area contributed by atoms with Gasteiger partial charge in [-0.25, -0.2) is 0 Å². The lowest BCUT2D eigenvalue weighted by Crippen LogP contribution is -2.49. The van der Waals surface area contributed by atoms with Gasteiger partial charge < -0.3 is 9.32 Å². The average molecular weight is 345 g/mol. The number of thiophene rings is 1. The summed E-state index contributed by atoms with van der Waals surface area (Å²) in [4.78, 5) is 14.8. The Balaban J connectivity index is 1.36. The molecule has 128 valence electrons. The number of piperidine rings is 1. The molecule has 2 aliphatic rings. The highest BCUT2D eigenvalue weighted by atomic mass is 32.1. The second kappa shape index (κ2) is 7.05. The first-order valence-corrected chi connectivity index (χ1v) is 9.90. The SMILES string of the molecule is O=C(CCc1nnc(-c2ccsc2)o1)N1CCC[C@@H]2CCCC[C@H]21. The Morgan fingerprint density at radius 2 is 2.12 bits per heavy atom. The number of amides is 1. The lowest BCUT2D eigenvalue weighted by molar-refractivity contribution is -0.137. The summed E-state index contributed by atoms with van der Waals surface area (Å²) in [5.74, 6) is 2.08. The van der Waals surface area contributed by atoms with Gasteiger partial charge in [-0.3, -0.25) is 4.79 Å². The number of fused-ring (bicyclic) bond motifs is 1. The lowest BCUT2D eigenvalue weighted by atomic mass is 9.78. The highest BCUT2D eigenvalue weighted by Gasteiger charge is 2.35. The standard InChI is InChI=1S/C18H23N3O2S/c22-17(21-10-3-5-13-4-1-2-6-15(13)21)8-7-16-19-20-18(23-16)14-9-11-24-12-14/h9,11-13,15H,1-8,10H2/t13-,15+/m0/s1. The highest BCUT2D eigenvalue weighted by Crippen LogP contribution is 2.35. The minimum absolute atomic E-state index is 0.252. The topological polar surface area (TPSA) is 59.2 Å². The molecular weight excluding hydrogens is 322 g/mol. The zero-order chi connectivity index (χ0) is 16.4. The van der Waals surface area contributed by atoms with Gasteiger partial charge in [0.2, 0.25) is 17.7 Å². The van der Waals surface area contributed by atoms with Crippen LogP contribution >= 0.6 is 11.3 Å². The molecule has 5 nitrogen and oxygen atoms in total. The van der Waals surface area contributed by atoms with E-state index in [0.717, 1.165) is 24.4 Å². The van der Waals surface area contributed by atoms with Crippen LogP contribution in [0.3, 0.4) is 0 Å². The second-order valence-electron chi connectivity index (χ2n) is 6.85. The number of carbonyl (C=O) groups is 1. The third-order valence-electron chi connectivity index (χ3n) is 5.35. The predicted molar refractivity (Wildman–Crippen MR) is 92.6 cm³/mol. The van der Waals surface area contributed by atoms with Crippen LogP contribution in [0.25, 0.3) is 11.5 Å². The molecule has 0 unspecified atom stereocenters. The van der Waals surface area contributed by atoms with Crippen LogP contribution in [-0.4, -0.2) is 33.6 Å². The molecule has 0 N–H and O–H groups in total. The first-order valence-electron chi connectivity index (χ1n) is 8.95. The van der Waals surface area contributed by atoms with Crippen LogP contribution in [0, 0.1) is 5.92 Å². The average Bonchev–Trinajstić information content (AvgIpc) is 3.30. The van der Waals surface area contributed by atoms with Crippen molar-refractivity contribution >= 4 is 17.2 Å². The van der Waals surface area contributed by atoms with Crippen molar-refractivity contribution in [2.24, 2.45) is 5.92 Å². The molecule has 0 spiro atoms. The van der Waals surface area contributed by atoms with Crippen LogP contribution in [0.15, 0.2) is 21.2 Å². The highest BCUT2D eigenvalue weighted by molar-refractivity contribution is 7.08. The maximum atomic E-state index is 12.7. The van der Waals surface area contributed by atoms with E-state index in [1.54, 1.807) is 11.3 Å². The van der Waals surface area contributed by atoms with Gasteiger partial charge in [-0.05, 0) is 43.0 Å². The van der Waals surface area contributed by atoms with Gasteiger partial charge in [0.05, 0.1) is 0 Å². The molecule has 4 rings (SSSR count). The van der Waals surface area contributed by atoms with Crippen LogP contribution < -0.4 is 0 Å². The third kappa shape index (κ3) is 3.24. The van der Waals surface area contributed by atoms with Crippen molar-refractivity contribution in [3.05, 3.63) is 22.7 Å². The van der Waals surface area contributed by atoms with Gasteiger partial charge >= 0.3 is 0 Å². The minimum Gasteiger partial charge on any atom is -0.421 e. The number of hydrogen-bond acceptors (Lipinski definition) is 5. The van der Waals surface area contributed by atoms with Gasteiger partial charge in [0.25, 0.3) is 0 Å². The Kier molecular flexibility index (Phi) is 4.65. The van der Waals surface area contributed by atoms with Gasteiger partial charge in [0.1, 0.15) is 0 Å². The summed E-state index contributed by atoms with van der Waals surface area (Å²) in [7, 11) is 0. The van der Waals surface area contributed by atoms with Crippen molar-refractivity contribution in [3.63, 3.8) is 0 Å². The van der Waals surface area contributed by atoms with Gasteiger partial charge in [-0.15, -0.1) is 10.2 Å². The van der Waals surface area contributed by atoms with E-state index >= 15 is 0 Å². The fourth-order valence-corrected chi connectivity index (χ4v) is 4.78. The number of hydrogen-bond donors (Lipinski definition) is 0. The second-order valence-corrected chi connectivity index (χ2v) is 7.63. The fourth-order valence-electron chi connectivity index (χ4n) is 4.15. The molecule has 1 saturated heterocycles. The molecule has 6 heteroatoms. The van der Waals surface area contributed by atoms with Crippen molar-refractivity contribution in [2.45, 2.75) is 57.4 Å². The number of aryl methyl sites for hydroxylation is 1. The first-order chi connectivity index (χ1) is 11.8. The normalized spacial score (nSPS) is 23.9. The zero-order valence-electron chi connectivity index (χ0n) is 13.8. The van der Waals surface area contributed by atoms with E-state index < -0.39 is 0 Å². The quantitative estimate of drug-likeness (QED) is 0.843. The largest absolute Gasteiger partial charge is 0.421 e. The first kappa shape index (κ1) is 15.8. The molecule has 2 aromatic heterocycles. The summed E-state index contributed by atoms with van der Waals surface area (Å²) < 4.78 is 5.69. The number of aromatic nitrogens is 2. The molecule has 2 aromatic rings. The molecule has 0 radical (unpaired) electrons. The number of rotatable bonds is 4. The van der Waals surface area contributed by atoms with Crippen molar-refractivity contribution in [2.75, 3.05) is 6.54 Å². The number of likely N-dealkylation sites (tertiary alicyclic amines) is 1. The maximum Gasteiger partial charge on any atom is 0.248 e. The van der Waals surface area contributed by atoms with E-state index in [0.29, 0.717) is 30.7 Å². The van der Waals surface area contributed by atoms with E-state index in [1.807, 2.05) is 16.8 Å². The Hall–Kier alpha value is -1.69. The summed E-state index contributed by atoms with van der Waals surface area (Å²) in [6.45, 7) is 0.921. The van der Waals surface area contributed by atoms with Crippen molar-refractivity contribution in [1.82, 2.24) is 15.1 Å². The van der Waals surface area contributed by atoms with Gasteiger partial charge in [-0.2, -0.15) is 11.3 Å². The van der Waals surface area contributed by atoms with Crippen LogP contribution in [0.4, 0.5) is 0 Å². The van der Waals surface area contributed by atoms with Crippen LogP contribution in [-0.2, 0) is 11.2 Å². The predicted octanol–water partition coefficient (Wildman–Crippen LogP) is 3.91. The van der Waals surface area contributed by atoms with Crippen LogP contribution in [0.2, 0.25) is 0 Å². The Morgan fingerprint density at radius 3 is 3.00 bits per heavy atom. The molecule has 1 amide bonds. The van der Waals surface area contributed by atoms with Crippen LogP contribution in [0.1, 0.15) is 50.8 Å². The van der Waals surface area contributed by atoms with Gasteiger partial charge in [-0.1, -0.05) is 12.8 Å². The summed E-state index contributed by atoms with van der Waals surface area (Å²) in [6.07, 6.45) is 8.51. The monoisotopic (exact) mass is 345 g/mol. The number of carbonyl (C=O) groups excluding carboxylic acids is 1. The lowest BCUT2D eigenvalue weighted by Gasteiger charge is -2.44. The molecular formula is C18H23N3O2S. The Morgan fingerprint density at radius 1 is 1.25 bits per heavy atom. The molecule has 2 fully saturated rings. The van der Waals surface area contributed by atoms with Gasteiger partial charge in [0.15, 0.2) is 0 Å². The van der Waals surface area contributed by atoms with Crippen molar-refractivity contribution in [1.29, 1.82) is 0 Å². The molecule has 3 heterocycles. The zero-order valence-corrected chi connectivity index (χ0v) is 14.6. The van der Waals surface area contributed by atoms with E-state index in [4.69, 9.17) is 4.42 Å². The van der Waals surface area contributed by atoms with E-state index in [9.17, 15) is 4.79 Å². The Bertz CT molecular complexity index is 680. The summed E-state index contributed by atoms with van der Waals surface area (Å²) in [6, 6.07) is 2.44. The molecule has 0 aromatic carbocycles. The summed E-state index contributed by atoms with van der Waals surface area (Å²) in [5, 5.41) is 12.1. The van der Waals surface area contributed by atoms with Crippen molar-refractivity contribution < 1.29 is 9.21 Å². The van der Waals surface area contributed by atoms with E-state index in [-0.39, 0.29) is 5.91 Å². The van der Waals surface area contributed by atoms with Crippen molar-refractivity contribution in [3.8, 4) is 11.5 Å². The molecule has 0 bridgehead atoms. The van der Waals surface area contributed by atoms with E-state index in [1.165, 1.54) is 32.1 Å². The smallest absolute Gasteiger partial charge is 0.248 e. The fraction of sp³-hybridized carbons (Fsp3) is 0.611. The van der Waals surface area contributed by atoms with Crippen LogP contribution in [0.5, 0.6) is 0 Å². The summed E-state index contributed by atoms with van der Waals surface area (Å²) >= 11 is 1.60. The minimum atomic E-state index is 0.252. The Labute approximate surface area is 146 Å². The molecule has 2 atom stereocenters. The van der Waals surface area contributed by atoms with E-state index in [2.05, 4.69) is 15.1 Å². The summed E-state index contributed by atoms with van der Waals surface area (Å²) in [5.41, 5.74) is 0.950. The maximum absolute atomic E-state index is 12.7.